The molecule has 0 spiro atoms. The largest absolute Gasteiger partial charge is 0.349 e. The van der Waals surface area contributed by atoms with E-state index in [2.05, 4.69) is 15.8 Å². The number of likely N-dealkylation sites (tertiary alicyclic amines) is 1. The highest BCUT2D eigenvalue weighted by Gasteiger charge is 2.28. The van der Waals surface area contributed by atoms with Crippen molar-refractivity contribution in [3.63, 3.8) is 0 Å². The van der Waals surface area contributed by atoms with Gasteiger partial charge in [-0.3, -0.25) is 14.4 Å². The van der Waals surface area contributed by atoms with Gasteiger partial charge in [-0.1, -0.05) is 12.1 Å². The molecular formula is C17H19FN4O3. The number of hydrazone groups is 1. The molecule has 2 N–H and O–H groups in total. The summed E-state index contributed by atoms with van der Waals surface area (Å²) in [5.74, 6) is -1.36. The van der Waals surface area contributed by atoms with Gasteiger partial charge in [0, 0.05) is 32.0 Å². The lowest BCUT2D eigenvalue weighted by molar-refractivity contribution is -0.125. The maximum atomic E-state index is 13.6. The molecule has 1 fully saturated rings. The van der Waals surface area contributed by atoms with E-state index in [1.54, 1.807) is 11.0 Å². The van der Waals surface area contributed by atoms with Crippen LogP contribution in [0.25, 0.3) is 0 Å². The van der Waals surface area contributed by atoms with Crippen LogP contribution in [0.4, 0.5) is 4.39 Å². The number of nitrogens with one attached hydrogen (secondary N) is 2. The Hall–Kier alpha value is -2.77. The van der Waals surface area contributed by atoms with Crippen molar-refractivity contribution in [2.45, 2.75) is 31.7 Å². The number of hydrogen-bond donors (Lipinski definition) is 2. The zero-order valence-corrected chi connectivity index (χ0v) is 13.6. The van der Waals surface area contributed by atoms with Crippen molar-refractivity contribution in [3.05, 3.63) is 35.6 Å². The quantitative estimate of drug-likeness (QED) is 0.849. The van der Waals surface area contributed by atoms with E-state index in [0.29, 0.717) is 38.1 Å². The Morgan fingerprint density at radius 2 is 1.92 bits per heavy atom. The Morgan fingerprint density at radius 1 is 1.20 bits per heavy atom. The van der Waals surface area contributed by atoms with E-state index in [1.807, 2.05) is 0 Å². The van der Waals surface area contributed by atoms with Crippen LogP contribution in [-0.2, 0) is 9.59 Å². The van der Waals surface area contributed by atoms with Gasteiger partial charge in [-0.15, -0.1) is 0 Å². The van der Waals surface area contributed by atoms with Gasteiger partial charge in [-0.05, 0) is 25.0 Å². The van der Waals surface area contributed by atoms with Crippen molar-refractivity contribution in [1.82, 2.24) is 15.6 Å². The Bertz CT molecular complexity index is 726. The summed E-state index contributed by atoms with van der Waals surface area (Å²) in [6, 6.07) is 5.73. The van der Waals surface area contributed by atoms with Gasteiger partial charge in [0.1, 0.15) is 11.5 Å². The molecular weight excluding hydrogens is 327 g/mol. The Balaban J connectivity index is 1.52. The molecule has 0 atom stereocenters. The molecule has 132 valence electrons. The number of carbonyl (C=O) groups excluding carboxylic acids is 3. The summed E-state index contributed by atoms with van der Waals surface area (Å²) in [6.07, 6.45) is 1.78. The zero-order valence-electron chi connectivity index (χ0n) is 13.6. The Labute approximate surface area is 144 Å². The predicted octanol–water partition coefficient (Wildman–Crippen LogP) is 0.812. The van der Waals surface area contributed by atoms with Gasteiger partial charge in [0.05, 0.1) is 5.56 Å². The minimum atomic E-state index is -0.551. The number of carbonyl (C=O) groups is 3. The first-order chi connectivity index (χ1) is 12.0. The maximum absolute atomic E-state index is 13.6. The summed E-state index contributed by atoms with van der Waals surface area (Å²) in [5, 5.41) is 6.63. The van der Waals surface area contributed by atoms with Crippen LogP contribution in [0.1, 0.15) is 36.0 Å². The summed E-state index contributed by atoms with van der Waals surface area (Å²) < 4.78 is 13.6. The third-order valence-electron chi connectivity index (χ3n) is 4.39. The number of halogens is 1. The van der Waals surface area contributed by atoms with Crippen molar-refractivity contribution in [2.75, 3.05) is 13.1 Å². The molecule has 3 rings (SSSR count). The van der Waals surface area contributed by atoms with Crippen molar-refractivity contribution in [3.8, 4) is 0 Å². The van der Waals surface area contributed by atoms with E-state index in [1.165, 1.54) is 18.2 Å². The molecule has 2 heterocycles. The molecule has 7 nitrogen and oxygen atoms in total. The molecule has 8 heteroatoms. The minimum absolute atomic E-state index is 0.0216. The molecule has 3 amide bonds. The molecule has 0 aliphatic carbocycles. The second-order valence-corrected chi connectivity index (χ2v) is 6.11. The fourth-order valence-corrected chi connectivity index (χ4v) is 2.95. The number of hydrogen-bond acceptors (Lipinski definition) is 4. The molecule has 0 radical (unpaired) electrons. The van der Waals surface area contributed by atoms with Gasteiger partial charge in [-0.2, -0.15) is 5.10 Å². The summed E-state index contributed by atoms with van der Waals surface area (Å²) in [7, 11) is 0. The lowest BCUT2D eigenvalue weighted by Gasteiger charge is -2.33. The van der Waals surface area contributed by atoms with Crippen LogP contribution in [0.3, 0.4) is 0 Å². The topological polar surface area (TPSA) is 90.9 Å². The van der Waals surface area contributed by atoms with E-state index >= 15 is 0 Å². The molecule has 0 aromatic heterocycles. The van der Waals surface area contributed by atoms with Gasteiger partial charge in [0.2, 0.25) is 5.91 Å². The van der Waals surface area contributed by atoms with Crippen LogP contribution in [0.15, 0.2) is 29.4 Å². The Kier molecular flexibility index (Phi) is 5.06. The van der Waals surface area contributed by atoms with Crippen LogP contribution >= 0.6 is 0 Å². The molecule has 0 saturated carbocycles. The van der Waals surface area contributed by atoms with Gasteiger partial charge >= 0.3 is 0 Å². The van der Waals surface area contributed by atoms with E-state index in [0.717, 1.165) is 0 Å². The fourth-order valence-electron chi connectivity index (χ4n) is 2.95. The molecule has 2 aliphatic heterocycles. The number of benzene rings is 1. The van der Waals surface area contributed by atoms with Gasteiger partial charge in [0.15, 0.2) is 0 Å². The molecule has 2 aliphatic rings. The van der Waals surface area contributed by atoms with E-state index < -0.39 is 11.7 Å². The third kappa shape index (κ3) is 4.01. The SMILES string of the molecule is O=C1CCC(C(=O)N2CCC(NC(=O)c3ccccc3F)CC2)=NN1. The minimum Gasteiger partial charge on any atom is -0.349 e. The average Bonchev–Trinajstić information content (AvgIpc) is 2.63. The normalized spacial score (nSPS) is 18.4. The first-order valence-electron chi connectivity index (χ1n) is 8.24. The monoisotopic (exact) mass is 346 g/mol. The lowest BCUT2D eigenvalue weighted by Crippen LogP contribution is -2.49. The Morgan fingerprint density at radius 3 is 2.56 bits per heavy atom. The fraction of sp³-hybridized carbons (Fsp3) is 0.412. The summed E-state index contributed by atoms with van der Waals surface area (Å²) in [4.78, 5) is 37.3. The first kappa shape index (κ1) is 17.1. The summed E-state index contributed by atoms with van der Waals surface area (Å²) in [5.41, 5.74) is 2.70. The molecule has 25 heavy (non-hydrogen) atoms. The van der Waals surface area contributed by atoms with Crippen LogP contribution in [0.2, 0.25) is 0 Å². The van der Waals surface area contributed by atoms with E-state index in [-0.39, 0.29) is 29.8 Å². The smallest absolute Gasteiger partial charge is 0.270 e. The highest BCUT2D eigenvalue weighted by Crippen LogP contribution is 2.14. The predicted molar refractivity (Wildman–Crippen MR) is 88.3 cm³/mol. The van der Waals surface area contributed by atoms with Crippen LogP contribution in [0, 0.1) is 5.82 Å². The van der Waals surface area contributed by atoms with Crippen molar-refractivity contribution in [2.24, 2.45) is 5.10 Å². The molecule has 1 aromatic rings. The van der Waals surface area contributed by atoms with Crippen molar-refractivity contribution in [1.29, 1.82) is 0 Å². The highest BCUT2D eigenvalue weighted by atomic mass is 19.1. The first-order valence-corrected chi connectivity index (χ1v) is 8.24. The molecule has 0 bridgehead atoms. The van der Waals surface area contributed by atoms with E-state index in [4.69, 9.17) is 0 Å². The number of piperidine rings is 1. The van der Waals surface area contributed by atoms with Gasteiger partial charge < -0.3 is 10.2 Å². The van der Waals surface area contributed by atoms with Crippen molar-refractivity contribution < 1.29 is 18.8 Å². The van der Waals surface area contributed by atoms with Crippen LogP contribution in [-0.4, -0.2) is 47.5 Å². The molecule has 1 saturated heterocycles. The molecule has 0 unspecified atom stereocenters. The highest BCUT2D eigenvalue weighted by molar-refractivity contribution is 6.39. The average molecular weight is 346 g/mol. The summed E-state index contributed by atoms with van der Waals surface area (Å²) in [6.45, 7) is 0.960. The number of nitrogens with zero attached hydrogens (tertiary/aromatic N) is 2. The standard InChI is InChI=1S/C17H19FN4O3/c18-13-4-2-1-3-12(13)16(24)19-11-7-9-22(10-8-11)17(25)14-5-6-15(23)21-20-14/h1-4,11H,5-10H2,(H,19,24)(H,21,23). The van der Waals surface area contributed by atoms with Gasteiger partial charge in [0.25, 0.3) is 11.8 Å². The van der Waals surface area contributed by atoms with Gasteiger partial charge in [-0.25, -0.2) is 9.82 Å². The second-order valence-electron chi connectivity index (χ2n) is 6.11. The second kappa shape index (κ2) is 7.42. The van der Waals surface area contributed by atoms with Crippen LogP contribution in [0.5, 0.6) is 0 Å². The third-order valence-corrected chi connectivity index (χ3v) is 4.39. The van der Waals surface area contributed by atoms with Crippen LogP contribution < -0.4 is 10.7 Å². The summed E-state index contributed by atoms with van der Waals surface area (Å²) >= 11 is 0. The van der Waals surface area contributed by atoms with Crippen molar-refractivity contribution >= 4 is 23.4 Å². The molecule has 1 aromatic carbocycles. The number of amides is 3. The van der Waals surface area contributed by atoms with E-state index in [9.17, 15) is 18.8 Å². The zero-order chi connectivity index (χ0) is 17.8. The maximum Gasteiger partial charge on any atom is 0.270 e. The lowest BCUT2D eigenvalue weighted by atomic mass is 10.0. The number of rotatable bonds is 3.